The maximum atomic E-state index is 13.0. The number of methoxy groups -OCH3 is 1. The zero-order chi connectivity index (χ0) is 25.7. The van der Waals surface area contributed by atoms with Gasteiger partial charge in [-0.05, 0) is 39.7 Å². The Kier molecular flexibility index (Phi) is 8.56. The molecule has 35 heavy (non-hydrogen) atoms. The van der Waals surface area contributed by atoms with Crippen molar-refractivity contribution in [1.82, 2.24) is 4.72 Å². The summed E-state index contributed by atoms with van der Waals surface area (Å²) in [6, 6.07) is 24.2. The summed E-state index contributed by atoms with van der Waals surface area (Å²) >= 11 is 5.89. The number of carbonyl (C=O) groups excluding carboxylic acids is 1. The number of nitrogens with one attached hydrogen (secondary N) is 1. The van der Waals surface area contributed by atoms with E-state index in [2.05, 4.69) is 25.5 Å². The van der Waals surface area contributed by atoms with Crippen LogP contribution in [0.2, 0.25) is 10.1 Å². The van der Waals surface area contributed by atoms with Crippen LogP contribution in [0.1, 0.15) is 20.8 Å². The summed E-state index contributed by atoms with van der Waals surface area (Å²) in [5.74, 6) is -0.736. The van der Waals surface area contributed by atoms with Crippen molar-refractivity contribution in [3.8, 4) is 0 Å². The molecule has 186 valence electrons. The van der Waals surface area contributed by atoms with E-state index < -0.39 is 30.4 Å². The molecule has 3 rings (SSSR count). The minimum atomic E-state index is -4.04. The Bertz CT molecular complexity index is 1190. The molecular weight excluding hydrogens is 502 g/mol. The van der Waals surface area contributed by atoms with Gasteiger partial charge in [-0.15, -0.1) is 0 Å². The average Bonchev–Trinajstić information content (AvgIpc) is 2.84. The largest absolute Gasteiger partial charge is 0.468 e. The van der Waals surface area contributed by atoms with Crippen LogP contribution < -0.4 is 15.1 Å². The Morgan fingerprint density at radius 1 is 0.914 bits per heavy atom. The van der Waals surface area contributed by atoms with Gasteiger partial charge in [0.2, 0.25) is 10.0 Å². The topological polar surface area (TPSA) is 81.7 Å². The second-order valence-corrected chi connectivity index (χ2v) is 15.6. The van der Waals surface area contributed by atoms with Crippen molar-refractivity contribution in [2.45, 2.75) is 36.7 Å². The van der Waals surface area contributed by atoms with E-state index >= 15 is 0 Å². The third-order valence-electron chi connectivity index (χ3n) is 5.79. The highest BCUT2D eigenvalue weighted by molar-refractivity contribution is 7.89. The van der Waals surface area contributed by atoms with Crippen LogP contribution >= 0.6 is 11.6 Å². The molecule has 0 amide bonds. The van der Waals surface area contributed by atoms with Gasteiger partial charge in [0.1, 0.15) is 6.04 Å². The molecule has 0 saturated heterocycles. The molecule has 3 aromatic rings. The molecule has 6 nitrogen and oxygen atoms in total. The second-order valence-electron chi connectivity index (χ2n) is 9.13. The summed E-state index contributed by atoms with van der Waals surface area (Å²) in [5, 5.41) is 2.10. The van der Waals surface area contributed by atoms with Crippen LogP contribution in [0.4, 0.5) is 0 Å². The lowest BCUT2D eigenvalue weighted by molar-refractivity contribution is -0.143. The third-order valence-corrected chi connectivity index (χ3v) is 12.5. The molecule has 0 aliphatic carbocycles. The van der Waals surface area contributed by atoms with E-state index in [4.69, 9.17) is 20.8 Å². The number of ether oxygens (including phenoxy) is 1. The van der Waals surface area contributed by atoms with Gasteiger partial charge >= 0.3 is 5.97 Å². The first-order valence-electron chi connectivity index (χ1n) is 11.1. The van der Waals surface area contributed by atoms with Gasteiger partial charge < -0.3 is 9.16 Å². The summed E-state index contributed by atoms with van der Waals surface area (Å²) in [5.41, 5.74) is 0. The van der Waals surface area contributed by atoms with E-state index in [0.29, 0.717) is 5.02 Å². The van der Waals surface area contributed by atoms with Crippen LogP contribution in [-0.4, -0.2) is 42.5 Å². The fourth-order valence-corrected chi connectivity index (χ4v) is 10.00. The quantitative estimate of drug-likeness (QED) is 0.336. The van der Waals surface area contributed by atoms with Crippen molar-refractivity contribution in [2.75, 3.05) is 13.7 Å². The van der Waals surface area contributed by atoms with E-state index in [-0.39, 0.29) is 16.5 Å². The summed E-state index contributed by atoms with van der Waals surface area (Å²) in [7, 11) is -5.81. The van der Waals surface area contributed by atoms with Gasteiger partial charge in [0, 0.05) is 5.02 Å². The minimum Gasteiger partial charge on any atom is -0.468 e. The van der Waals surface area contributed by atoms with Gasteiger partial charge in [-0.2, -0.15) is 4.72 Å². The van der Waals surface area contributed by atoms with Crippen molar-refractivity contribution < 1.29 is 22.4 Å². The highest BCUT2D eigenvalue weighted by Gasteiger charge is 2.50. The first kappa shape index (κ1) is 27.1. The summed E-state index contributed by atoms with van der Waals surface area (Å²) in [6.07, 6.45) is 0. The SMILES string of the molecule is COC(=O)C(CO[Si](c1ccccc1)(c1ccccc1)C(C)(C)C)NS(=O)(=O)c1ccc(Cl)cc1. The first-order chi connectivity index (χ1) is 16.5. The average molecular weight is 532 g/mol. The lowest BCUT2D eigenvalue weighted by Crippen LogP contribution is -2.67. The highest BCUT2D eigenvalue weighted by Crippen LogP contribution is 2.36. The lowest BCUT2D eigenvalue weighted by Gasteiger charge is -2.43. The van der Waals surface area contributed by atoms with Crippen LogP contribution in [0.3, 0.4) is 0 Å². The van der Waals surface area contributed by atoms with E-state index in [9.17, 15) is 13.2 Å². The summed E-state index contributed by atoms with van der Waals surface area (Å²) in [4.78, 5) is 12.7. The van der Waals surface area contributed by atoms with Crippen molar-refractivity contribution in [1.29, 1.82) is 0 Å². The predicted octanol–water partition coefficient (Wildman–Crippen LogP) is 3.74. The van der Waals surface area contributed by atoms with Crippen molar-refractivity contribution in [3.05, 3.63) is 90.0 Å². The molecule has 0 spiro atoms. The van der Waals surface area contributed by atoms with E-state index in [1.807, 2.05) is 60.7 Å². The highest BCUT2D eigenvalue weighted by atomic mass is 35.5. The molecular formula is C26H30ClNO5SSi. The van der Waals surface area contributed by atoms with Gasteiger partial charge in [0.05, 0.1) is 18.6 Å². The summed E-state index contributed by atoms with van der Waals surface area (Å²) < 4.78 is 40.2. The maximum Gasteiger partial charge on any atom is 0.326 e. The Morgan fingerprint density at radius 2 is 1.40 bits per heavy atom. The standard InChI is InChI=1S/C26H30ClNO5SSi/c1-26(2,3)35(22-11-7-5-8-12-22,23-13-9-6-10-14-23)33-19-24(25(29)32-4)28-34(30,31)21-17-15-20(27)16-18-21/h5-18,24,28H,19H2,1-4H3. The molecule has 0 radical (unpaired) electrons. The maximum absolute atomic E-state index is 13.0. The van der Waals surface area contributed by atoms with Gasteiger partial charge in [-0.25, -0.2) is 8.42 Å². The van der Waals surface area contributed by atoms with Crippen molar-refractivity contribution in [3.63, 3.8) is 0 Å². The molecule has 0 bridgehead atoms. The Balaban J connectivity index is 2.03. The molecule has 0 heterocycles. The van der Waals surface area contributed by atoms with Crippen LogP contribution in [0, 0.1) is 0 Å². The summed E-state index contributed by atoms with van der Waals surface area (Å²) in [6.45, 7) is 6.10. The van der Waals surface area contributed by atoms with Gasteiger partial charge in [0.15, 0.2) is 0 Å². The monoisotopic (exact) mass is 531 g/mol. The van der Waals surface area contributed by atoms with Crippen molar-refractivity contribution in [2.24, 2.45) is 0 Å². The Hall–Kier alpha value is -2.49. The molecule has 0 aliphatic heterocycles. The van der Waals surface area contributed by atoms with Crippen LogP contribution in [0.5, 0.6) is 0 Å². The van der Waals surface area contributed by atoms with Gasteiger partial charge in [-0.1, -0.05) is 93.0 Å². The molecule has 3 aromatic carbocycles. The molecule has 0 saturated carbocycles. The predicted molar refractivity (Wildman–Crippen MR) is 141 cm³/mol. The number of hydrogen-bond donors (Lipinski definition) is 1. The number of sulfonamides is 1. The smallest absolute Gasteiger partial charge is 0.326 e. The molecule has 1 N–H and O–H groups in total. The third kappa shape index (κ3) is 6.02. The first-order valence-corrected chi connectivity index (χ1v) is 14.9. The number of benzene rings is 3. The van der Waals surface area contributed by atoms with Crippen LogP contribution in [0.25, 0.3) is 0 Å². The zero-order valence-electron chi connectivity index (χ0n) is 20.2. The number of hydrogen-bond acceptors (Lipinski definition) is 5. The number of esters is 1. The lowest BCUT2D eigenvalue weighted by atomic mass is 10.2. The molecule has 1 unspecified atom stereocenters. The van der Waals surface area contributed by atoms with E-state index in [0.717, 1.165) is 10.4 Å². The van der Waals surface area contributed by atoms with E-state index in [1.54, 1.807) is 0 Å². The second kappa shape index (κ2) is 11.1. The van der Waals surface area contributed by atoms with Gasteiger partial charge in [0.25, 0.3) is 8.32 Å². The number of rotatable bonds is 9. The van der Waals surface area contributed by atoms with Gasteiger partial charge in [-0.3, -0.25) is 4.79 Å². The van der Waals surface area contributed by atoms with Crippen molar-refractivity contribution >= 4 is 46.3 Å². The molecule has 9 heteroatoms. The number of carbonyl (C=O) groups is 1. The Morgan fingerprint density at radius 3 is 1.83 bits per heavy atom. The fourth-order valence-electron chi connectivity index (χ4n) is 4.13. The molecule has 1 atom stereocenters. The number of halogens is 1. The zero-order valence-corrected chi connectivity index (χ0v) is 22.8. The van der Waals surface area contributed by atoms with Crippen LogP contribution in [0.15, 0.2) is 89.8 Å². The minimum absolute atomic E-state index is 0.0127. The van der Waals surface area contributed by atoms with Crippen LogP contribution in [-0.2, 0) is 24.0 Å². The molecule has 0 fully saturated rings. The normalized spacial score (nSPS) is 13.3. The molecule has 0 aromatic heterocycles. The Labute approximate surface area is 213 Å². The molecule has 0 aliphatic rings. The van der Waals surface area contributed by atoms with E-state index in [1.165, 1.54) is 31.4 Å². The fraction of sp³-hybridized carbons (Fsp3) is 0.269.